The number of carbonyl (C=O) groups excluding carboxylic acids is 1. The van der Waals surface area contributed by atoms with Crippen LogP contribution in [-0.2, 0) is 0 Å². The fourth-order valence-corrected chi connectivity index (χ4v) is 2.16. The maximum absolute atomic E-state index is 12.9. The minimum atomic E-state index is -0.361. The summed E-state index contributed by atoms with van der Waals surface area (Å²) in [5.74, 6) is -0.350. The number of benzene rings is 2. The Kier molecular flexibility index (Phi) is 3.88. The van der Waals surface area contributed by atoms with Gasteiger partial charge in [-0.3, -0.25) is 14.5 Å². The molecule has 3 rings (SSSR count). The van der Waals surface area contributed by atoms with Crippen molar-refractivity contribution in [1.82, 2.24) is 9.97 Å². The first kappa shape index (κ1) is 14.5. The second-order valence-electron chi connectivity index (χ2n) is 4.86. The summed E-state index contributed by atoms with van der Waals surface area (Å²) in [4.78, 5) is 31.9. The van der Waals surface area contributed by atoms with Crippen molar-refractivity contribution in [2.75, 3.05) is 10.6 Å². The third kappa shape index (κ3) is 3.11. The lowest BCUT2D eigenvalue weighted by Gasteiger charge is -2.22. The molecule has 6 nitrogen and oxygen atoms in total. The number of hydrogen-bond acceptors (Lipinski definition) is 4. The van der Waals surface area contributed by atoms with Crippen molar-refractivity contribution < 1.29 is 4.79 Å². The van der Waals surface area contributed by atoms with Crippen LogP contribution in [0.3, 0.4) is 0 Å². The highest BCUT2D eigenvalue weighted by Gasteiger charge is 2.20. The molecule has 0 aliphatic rings. The Hall–Kier alpha value is -3.41. The van der Waals surface area contributed by atoms with Crippen LogP contribution in [0.1, 0.15) is 10.5 Å². The first-order valence-corrected chi connectivity index (χ1v) is 6.95. The third-order valence-corrected chi connectivity index (χ3v) is 3.26. The van der Waals surface area contributed by atoms with Gasteiger partial charge in [0.05, 0.1) is 6.20 Å². The zero-order valence-corrected chi connectivity index (χ0v) is 12.1. The number of aromatic amines is 1. The average molecular weight is 306 g/mol. The lowest BCUT2D eigenvalue weighted by molar-refractivity contribution is 0.0994. The normalized spacial score (nSPS) is 10.3. The number of anilines is 3. The van der Waals surface area contributed by atoms with Crippen molar-refractivity contribution in [3.63, 3.8) is 0 Å². The van der Waals surface area contributed by atoms with Crippen molar-refractivity contribution >= 4 is 23.0 Å². The molecule has 6 heteroatoms. The van der Waals surface area contributed by atoms with Gasteiger partial charge < -0.3 is 10.7 Å². The molecular formula is C17H14N4O2. The van der Waals surface area contributed by atoms with E-state index in [-0.39, 0.29) is 17.2 Å². The van der Waals surface area contributed by atoms with Crippen molar-refractivity contribution in [1.29, 1.82) is 0 Å². The maximum Gasteiger partial charge on any atom is 0.282 e. The number of aromatic nitrogens is 2. The van der Waals surface area contributed by atoms with E-state index in [0.29, 0.717) is 17.1 Å². The van der Waals surface area contributed by atoms with E-state index in [1.54, 1.807) is 24.3 Å². The van der Waals surface area contributed by atoms with E-state index in [9.17, 15) is 9.59 Å². The van der Waals surface area contributed by atoms with E-state index < -0.39 is 0 Å². The van der Waals surface area contributed by atoms with Crippen LogP contribution in [0.4, 0.5) is 17.1 Å². The molecule has 0 saturated carbocycles. The highest BCUT2D eigenvalue weighted by molar-refractivity contribution is 6.09. The molecule has 0 radical (unpaired) electrons. The quantitative estimate of drug-likeness (QED) is 0.726. The lowest BCUT2D eigenvalue weighted by Crippen LogP contribution is -2.27. The minimum Gasteiger partial charge on any atom is -0.399 e. The predicted molar refractivity (Wildman–Crippen MR) is 88.6 cm³/mol. The number of rotatable bonds is 3. The monoisotopic (exact) mass is 306 g/mol. The molecule has 3 aromatic rings. The van der Waals surface area contributed by atoms with Gasteiger partial charge in [0.2, 0.25) is 0 Å². The fourth-order valence-electron chi connectivity index (χ4n) is 2.16. The first-order chi connectivity index (χ1) is 11.1. The molecular weight excluding hydrogens is 292 g/mol. The Morgan fingerprint density at radius 1 is 1.00 bits per heavy atom. The molecule has 0 saturated heterocycles. The zero-order valence-electron chi connectivity index (χ0n) is 12.1. The summed E-state index contributed by atoms with van der Waals surface area (Å²) in [7, 11) is 0. The second-order valence-corrected chi connectivity index (χ2v) is 4.86. The van der Waals surface area contributed by atoms with Gasteiger partial charge in [-0.1, -0.05) is 18.2 Å². The molecule has 0 bridgehead atoms. The van der Waals surface area contributed by atoms with Crippen LogP contribution >= 0.6 is 0 Å². The van der Waals surface area contributed by atoms with Crippen LogP contribution in [0.15, 0.2) is 71.8 Å². The van der Waals surface area contributed by atoms with Gasteiger partial charge in [0, 0.05) is 23.3 Å². The largest absolute Gasteiger partial charge is 0.399 e. The molecule has 0 fully saturated rings. The maximum atomic E-state index is 12.9. The zero-order chi connectivity index (χ0) is 16.2. The van der Waals surface area contributed by atoms with Gasteiger partial charge in [-0.25, -0.2) is 4.98 Å². The molecule has 1 amide bonds. The molecule has 23 heavy (non-hydrogen) atoms. The van der Waals surface area contributed by atoms with Crippen LogP contribution in [0.5, 0.6) is 0 Å². The van der Waals surface area contributed by atoms with E-state index in [0.717, 1.165) is 6.20 Å². The molecule has 3 N–H and O–H groups in total. The third-order valence-electron chi connectivity index (χ3n) is 3.26. The van der Waals surface area contributed by atoms with Gasteiger partial charge in [0.25, 0.3) is 11.5 Å². The summed E-state index contributed by atoms with van der Waals surface area (Å²) in [5, 5.41) is 0. The van der Waals surface area contributed by atoms with Crippen molar-refractivity contribution in [3.05, 3.63) is 83.0 Å². The molecule has 0 atom stereocenters. The second kappa shape index (κ2) is 6.15. The van der Waals surface area contributed by atoms with E-state index in [2.05, 4.69) is 9.97 Å². The summed E-state index contributed by atoms with van der Waals surface area (Å²) in [6.45, 7) is 0. The predicted octanol–water partition coefficient (Wildman–Crippen LogP) is 2.33. The number of nitrogen functional groups attached to an aromatic ring is 1. The molecule has 1 heterocycles. The average Bonchev–Trinajstić information content (AvgIpc) is 2.58. The number of nitrogens with two attached hydrogens (primary N) is 1. The van der Waals surface area contributed by atoms with Gasteiger partial charge >= 0.3 is 0 Å². The Morgan fingerprint density at radius 2 is 1.65 bits per heavy atom. The van der Waals surface area contributed by atoms with Crippen molar-refractivity contribution in [3.8, 4) is 0 Å². The number of H-pyrrole nitrogens is 1. The van der Waals surface area contributed by atoms with E-state index in [4.69, 9.17) is 5.73 Å². The van der Waals surface area contributed by atoms with Crippen LogP contribution in [-0.4, -0.2) is 15.9 Å². The standard InChI is InChI=1S/C17H14N4O2/c18-12-6-8-14(9-7-12)21(13-4-2-1-3-5-13)17(23)15-10-20-16(22)11-19-15/h1-11H,18H2,(H,20,22). The molecule has 0 aliphatic heterocycles. The summed E-state index contributed by atoms with van der Waals surface area (Å²) >= 11 is 0. The van der Waals surface area contributed by atoms with Gasteiger partial charge in [-0.15, -0.1) is 0 Å². The topological polar surface area (TPSA) is 92.1 Å². The number of nitrogens with one attached hydrogen (secondary N) is 1. The Morgan fingerprint density at radius 3 is 2.26 bits per heavy atom. The Balaban J connectivity index is 2.08. The highest BCUT2D eigenvalue weighted by Crippen LogP contribution is 2.27. The summed E-state index contributed by atoms with van der Waals surface area (Å²) in [6, 6.07) is 16.1. The van der Waals surface area contributed by atoms with Crippen LogP contribution in [0.25, 0.3) is 0 Å². The Bertz CT molecular complexity index is 853. The lowest BCUT2D eigenvalue weighted by atomic mass is 10.2. The molecule has 0 aliphatic carbocycles. The highest BCUT2D eigenvalue weighted by atomic mass is 16.2. The van der Waals surface area contributed by atoms with E-state index in [1.165, 1.54) is 11.1 Å². The summed E-state index contributed by atoms with van der Waals surface area (Å²) < 4.78 is 0. The number of hydrogen-bond donors (Lipinski definition) is 2. The fraction of sp³-hybridized carbons (Fsp3) is 0. The minimum absolute atomic E-state index is 0.144. The molecule has 2 aromatic carbocycles. The first-order valence-electron chi connectivity index (χ1n) is 6.95. The summed E-state index contributed by atoms with van der Waals surface area (Å²) in [5.41, 5.74) is 7.45. The van der Waals surface area contributed by atoms with Gasteiger partial charge in [-0.2, -0.15) is 0 Å². The van der Waals surface area contributed by atoms with Crippen molar-refractivity contribution in [2.24, 2.45) is 0 Å². The van der Waals surface area contributed by atoms with Crippen molar-refractivity contribution in [2.45, 2.75) is 0 Å². The molecule has 0 unspecified atom stereocenters. The number of nitrogens with zero attached hydrogens (tertiary/aromatic N) is 2. The van der Waals surface area contributed by atoms with Crippen LogP contribution in [0.2, 0.25) is 0 Å². The van der Waals surface area contributed by atoms with Crippen LogP contribution in [0, 0.1) is 0 Å². The summed E-state index contributed by atoms with van der Waals surface area (Å²) in [6.07, 6.45) is 2.39. The molecule has 1 aromatic heterocycles. The SMILES string of the molecule is Nc1ccc(N(C(=O)c2c[nH]c(=O)cn2)c2ccccc2)cc1. The number of amides is 1. The van der Waals surface area contributed by atoms with Gasteiger partial charge in [-0.05, 0) is 36.4 Å². The van der Waals surface area contributed by atoms with E-state index in [1.807, 2.05) is 30.3 Å². The smallest absolute Gasteiger partial charge is 0.282 e. The molecule has 114 valence electrons. The van der Waals surface area contributed by atoms with E-state index >= 15 is 0 Å². The van der Waals surface area contributed by atoms with Gasteiger partial charge in [0.1, 0.15) is 5.69 Å². The number of carbonyl (C=O) groups is 1. The van der Waals surface area contributed by atoms with Gasteiger partial charge in [0.15, 0.2) is 0 Å². The number of para-hydroxylation sites is 1. The van der Waals surface area contributed by atoms with Crippen LogP contribution < -0.4 is 16.2 Å². The Labute approximate surface area is 132 Å². The molecule has 0 spiro atoms.